The first kappa shape index (κ1) is 44.7. The number of allylic oxidation sites excluding steroid dienone is 2. The van der Waals surface area contributed by atoms with Crippen molar-refractivity contribution in [3.05, 3.63) is 12.2 Å². The van der Waals surface area contributed by atoms with Gasteiger partial charge in [-0.25, -0.2) is 0 Å². The smallest absolute Gasteiger partial charge is 0.246 e. The molecule has 0 rings (SSSR count). The lowest BCUT2D eigenvalue weighted by atomic mass is 9.91. The normalized spacial score (nSPS) is 15.5. The van der Waals surface area contributed by atoms with E-state index in [-0.39, 0.29) is 35.5 Å². The number of carbonyl (C=O) groups excluding carboxylic acids is 6. The Morgan fingerprint density at radius 3 is 1.71 bits per heavy atom. The third-order valence-electron chi connectivity index (χ3n) is 9.02. The molecule has 2 N–H and O–H groups in total. The first-order valence-corrected chi connectivity index (χ1v) is 17.3. The number of rotatable bonds is 20. The minimum absolute atomic E-state index is 0.0689. The van der Waals surface area contributed by atoms with Gasteiger partial charge in [-0.15, -0.1) is 0 Å². The number of ketones is 1. The molecule has 0 fully saturated rings. The Labute approximate surface area is 289 Å². The highest BCUT2D eigenvalue weighted by Crippen LogP contribution is 2.23. The van der Waals surface area contributed by atoms with Crippen molar-refractivity contribution in [3.63, 3.8) is 0 Å². The molecule has 0 saturated carbocycles. The van der Waals surface area contributed by atoms with Crippen molar-refractivity contribution in [2.45, 2.75) is 138 Å². The first-order valence-electron chi connectivity index (χ1n) is 17.3. The van der Waals surface area contributed by atoms with Gasteiger partial charge in [-0.2, -0.15) is 0 Å². The Bertz CT molecular complexity index is 1120. The molecule has 5 amide bonds. The van der Waals surface area contributed by atoms with E-state index in [0.717, 1.165) is 0 Å². The van der Waals surface area contributed by atoms with Gasteiger partial charge in [-0.05, 0) is 64.2 Å². The molecular formula is C36H65N5O7. The lowest BCUT2D eigenvalue weighted by molar-refractivity contribution is -0.156. The first-order chi connectivity index (χ1) is 22.1. The second-order valence-electron chi connectivity index (χ2n) is 14.2. The third kappa shape index (κ3) is 13.3. The number of aliphatic hydroxyl groups excluding tert-OH is 1. The van der Waals surface area contributed by atoms with E-state index in [0.29, 0.717) is 32.1 Å². The molecule has 0 aromatic rings. The van der Waals surface area contributed by atoms with E-state index in [9.17, 15) is 33.9 Å². The number of likely N-dealkylation sites (N-methyl/N-ethyl adjacent to an activating group) is 4. The third-order valence-corrected chi connectivity index (χ3v) is 9.02. The fourth-order valence-corrected chi connectivity index (χ4v) is 5.53. The van der Waals surface area contributed by atoms with Crippen LogP contribution in [0.15, 0.2) is 12.2 Å². The number of nitrogens with zero attached hydrogens (tertiary/aromatic N) is 4. The summed E-state index contributed by atoms with van der Waals surface area (Å²) >= 11 is 0. The van der Waals surface area contributed by atoms with E-state index >= 15 is 0 Å². The van der Waals surface area contributed by atoms with E-state index in [1.54, 1.807) is 41.8 Å². The number of hydrogen-bond acceptors (Lipinski definition) is 7. The van der Waals surface area contributed by atoms with E-state index < -0.39 is 53.9 Å². The summed E-state index contributed by atoms with van der Waals surface area (Å²) in [5.74, 6) is -2.93. The van der Waals surface area contributed by atoms with E-state index in [4.69, 9.17) is 0 Å². The lowest BCUT2D eigenvalue weighted by Gasteiger charge is -2.40. The Hall–Kier alpha value is -3.28. The molecule has 6 unspecified atom stereocenters. The second kappa shape index (κ2) is 20.9. The van der Waals surface area contributed by atoms with Crippen LogP contribution in [0.1, 0.15) is 101 Å². The molecule has 0 aliphatic carbocycles. The average molecular weight is 680 g/mol. The van der Waals surface area contributed by atoms with Crippen molar-refractivity contribution in [3.8, 4) is 0 Å². The molecule has 0 bridgehead atoms. The molecule has 0 aromatic heterocycles. The van der Waals surface area contributed by atoms with Crippen LogP contribution in [0.3, 0.4) is 0 Å². The van der Waals surface area contributed by atoms with Gasteiger partial charge in [0.05, 0.1) is 6.10 Å². The largest absolute Gasteiger partial charge is 0.390 e. The minimum Gasteiger partial charge on any atom is -0.390 e. The van der Waals surface area contributed by atoms with E-state index in [1.807, 2.05) is 39.8 Å². The molecule has 0 aliphatic rings. The van der Waals surface area contributed by atoms with Gasteiger partial charge in [0.25, 0.3) is 0 Å². The van der Waals surface area contributed by atoms with Crippen LogP contribution in [0.2, 0.25) is 0 Å². The zero-order valence-electron chi connectivity index (χ0n) is 32.1. The molecule has 276 valence electrons. The van der Waals surface area contributed by atoms with Crippen LogP contribution in [0.25, 0.3) is 0 Å². The van der Waals surface area contributed by atoms with Gasteiger partial charge in [-0.1, -0.05) is 53.7 Å². The standard InChI is InChI=1S/C36H65N5O7/c1-15-28(34(46)38(11)24(6)7)37-33(45)31(32(44)25(8)19-17-16-18-20-26(9)42)41(14)36(48)30(23(4)5)40(13)35(47)29(21-22(2)3)39(12)27(10)43/h16-17,22-25,28-32,44H,15,18-21H2,1-14H3,(H,37,45)/b17-16+. The zero-order valence-corrected chi connectivity index (χ0v) is 32.1. The number of Topliss-reactive ketones (excluding diaryl/α,β-unsaturated/α-hetero) is 1. The number of hydrogen-bond donors (Lipinski definition) is 2. The van der Waals surface area contributed by atoms with Crippen molar-refractivity contribution in [1.29, 1.82) is 0 Å². The lowest BCUT2D eigenvalue weighted by Crippen LogP contribution is -2.63. The maximum atomic E-state index is 14.3. The summed E-state index contributed by atoms with van der Waals surface area (Å²) < 4.78 is 0. The Kier molecular flexibility index (Phi) is 19.5. The van der Waals surface area contributed by atoms with Crippen LogP contribution in [-0.4, -0.2) is 125 Å². The SMILES string of the molecule is CCC(NC(=O)C(C(O)C(C)C/C=C/CCC(C)=O)N(C)C(=O)C(C(C)C)N(C)C(=O)C(CC(C)C)N(C)C(C)=O)C(=O)N(C)C(C)C. The van der Waals surface area contributed by atoms with Gasteiger partial charge < -0.3 is 34.8 Å². The number of aliphatic hydroxyl groups is 1. The molecule has 0 heterocycles. The fraction of sp³-hybridized carbons (Fsp3) is 0.778. The van der Waals surface area contributed by atoms with Gasteiger partial charge in [0.15, 0.2) is 0 Å². The molecule has 0 aliphatic heterocycles. The maximum absolute atomic E-state index is 14.3. The second-order valence-corrected chi connectivity index (χ2v) is 14.2. The molecule has 0 saturated heterocycles. The van der Waals surface area contributed by atoms with Crippen molar-refractivity contribution in [2.24, 2.45) is 17.8 Å². The minimum atomic E-state index is -1.39. The summed E-state index contributed by atoms with van der Waals surface area (Å²) in [6, 6.07) is -4.18. The number of amides is 5. The van der Waals surface area contributed by atoms with Gasteiger partial charge in [-0.3, -0.25) is 24.0 Å². The quantitative estimate of drug-likeness (QED) is 0.188. The highest BCUT2D eigenvalue weighted by molar-refractivity contribution is 5.95. The van der Waals surface area contributed by atoms with Gasteiger partial charge in [0.2, 0.25) is 29.5 Å². The van der Waals surface area contributed by atoms with Gasteiger partial charge in [0.1, 0.15) is 30.0 Å². The molecule has 0 spiro atoms. The fourth-order valence-electron chi connectivity index (χ4n) is 5.53. The topological polar surface area (TPSA) is 148 Å². The molecule has 12 heteroatoms. The zero-order chi connectivity index (χ0) is 37.6. The van der Waals surface area contributed by atoms with Crippen LogP contribution in [-0.2, 0) is 28.8 Å². The summed E-state index contributed by atoms with van der Waals surface area (Å²) in [6.07, 6.45) is 4.37. The Morgan fingerprint density at radius 2 is 1.27 bits per heavy atom. The Morgan fingerprint density at radius 1 is 0.729 bits per heavy atom. The van der Waals surface area contributed by atoms with Crippen molar-refractivity contribution >= 4 is 35.3 Å². The summed E-state index contributed by atoms with van der Waals surface area (Å²) in [5.41, 5.74) is 0. The Balaban J connectivity index is 6.69. The van der Waals surface area contributed by atoms with Crippen molar-refractivity contribution in [1.82, 2.24) is 24.9 Å². The number of nitrogens with one attached hydrogen (secondary N) is 1. The molecule has 0 radical (unpaired) electrons. The van der Waals surface area contributed by atoms with E-state index in [1.165, 1.54) is 47.5 Å². The van der Waals surface area contributed by atoms with Crippen molar-refractivity contribution < 1.29 is 33.9 Å². The van der Waals surface area contributed by atoms with Crippen LogP contribution in [0.4, 0.5) is 0 Å². The molecular weight excluding hydrogens is 614 g/mol. The van der Waals surface area contributed by atoms with Crippen LogP contribution in [0, 0.1) is 17.8 Å². The summed E-state index contributed by atoms with van der Waals surface area (Å²) in [7, 11) is 6.16. The summed E-state index contributed by atoms with van der Waals surface area (Å²) in [6.45, 7) is 17.6. The highest BCUT2D eigenvalue weighted by atomic mass is 16.3. The van der Waals surface area contributed by atoms with Gasteiger partial charge >= 0.3 is 0 Å². The predicted octanol–water partition coefficient (Wildman–Crippen LogP) is 3.26. The van der Waals surface area contributed by atoms with Crippen LogP contribution in [0.5, 0.6) is 0 Å². The van der Waals surface area contributed by atoms with Crippen LogP contribution >= 0.6 is 0 Å². The van der Waals surface area contributed by atoms with Crippen molar-refractivity contribution in [2.75, 3.05) is 28.2 Å². The van der Waals surface area contributed by atoms with Crippen LogP contribution < -0.4 is 5.32 Å². The van der Waals surface area contributed by atoms with Gasteiger partial charge in [0, 0.05) is 47.6 Å². The maximum Gasteiger partial charge on any atom is 0.246 e. The average Bonchev–Trinajstić information content (AvgIpc) is 2.99. The number of carbonyl (C=O) groups is 6. The molecule has 48 heavy (non-hydrogen) atoms. The van der Waals surface area contributed by atoms with E-state index in [2.05, 4.69) is 5.32 Å². The monoisotopic (exact) mass is 679 g/mol. The molecule has 0 aromatic carbocycles. The highest BCUT2D eigenvalue weighted by Gasteiger charge is 2.43. The molecule has 12 nitrogen and oxygen atoms in total. The summed E-state index contributed by atoms with van der Waals surface area (Å²) in [5, 5.41) is 14.4. The predicted molar refractivity (Wildman–Crippen MR) is 189 cm³/mol. The summed E-state index contributed by atoms with van der Waals surface area (Å²) in [4.78, 5) is 84.5. The molecule has 6 atom stereocenters.